The van der Waals surface area contributed by atoms with E-state index >= 15 is 0 Å². The van der Waals surface area contributed by atoms with Crippen molar-refractivity contribution in [3.05, 3.63) is 64.7 Å². The van der Waals surface area contributed by atoms with Crippen molar-refractivity contribution in [1.29, 1.82) is 0 Å². The third-order valence-electron chi connectivity index (χ3n) is 4.10. The van der Waals surface area contributed by atoms with Crippen molar-refractivity contribution < 1.29 is 4.84 Å². The number of anilines is 1. The quantitative estimate of drug-likeness (QED) is 0.869. The number of rotatable bonds is 6. The minimum Gasteiger partial charge on any atom is -0.390 e. The van der Waals surface area contributed by atoms with Gasteiger partial charge in [0.15, 0.2) is 0 Å². The predicted octanol–water partition coefficient (Wildman–Crippen LogP) is 3.69. The molecular formula is C19H22ClN3O. The highest BCUT2D eigenvalue weighted by Crippen LogP contribution is 2.20. The van der Waals surface area contributed by atoms with Gasteiger partial charge in [-0.05, 0) is 29.3 Å². The van der Waals surface area contributed by atoms with Crippen molar-refractivity contribution in [1.82, 2.24) is 5.32 Å². The molecule has 5 heteroatoms. The fraction of sp³-hybridized carbons (Fsp3) is 0.316. The molecule has 4 nitrogen and oxygen atoms in total. The van der Waals surface area contributed by atoms with Crippen LogP contribution in [0.2, 0.25) is 5.02 Å². The Labute approximate surface area is 148 Å². The summed E-state index contributed by atoms with van der Waals surface area (Å²) in [5, 5.41) is 8.42. The van der Waals surface area contributed by atoms with Crippen LogP contribution in [0.3, 0.4) is 0 Å². The molecule has 24 heavy (non-hydrogen) atoms. The second-order valence-corrected chi connectivity index (χ2v) is 6.54. The summed E-state index contributed by atoms with van der Waals surface area (Å²) in [5.41, 5.74) is 4.40. The van der Waals surface area contributed by atoms with Crippen molar-refractivity contribution in [3.8, 4) is 0 Å². The Morgan fingerprint density at radius 2 is 1.92 bits per heavy atom. The third kappa shape index (κ3) is 4.08. The maximum absolute atomic E-state index is 6.16. The summed E-state index contributed by atoms with van der Waals surface area (Å²) >= 11 is 6.16. The van der Waals surface area contributed by atoms with E-state index in [1.54, 1.807) is 0 Å². The van der Waals surface area contributed by atoms with Gasteiger partial charge in [-0.25, -0.2) is 0 Å². The third-order valence-corrected chi connectivity index (χ3v) is 4.46. The topological polar surface area (TPSA) is 36.9 Å². The largest absolute Gasteiger partial charge is 0.390 e. The molecule has 0 aliphatic carbocycles. The molecule has 2 aromatic rings. The second-order valence-electron chi connectivity index (χ2n) is 6.13. The lowest BCUT2D eigenvalue weighted by Gasteiger charge is -2.12. The van der Waals surface area contributed by atoms with E-state index in [1.807, 2.05) is 38.4 Å². The highest BCUT2D eigenvalue weighted by molar-refractivity contribution is 6.31. The van der Waals surface area contributed by atoms with E-state index in [9.17, 15) is 0 Å². The Hall–Kier alpha value is -2.04. The van der Waals surface area contributed by atoms with Crippen LogP contribution in [-0.4, -0.2) is 32.5 Å². The smallest absolute Gasteiger partial charge is 0.145 e. The molecule has 0 aromatic heterocycles. The first-order chi connectivity index (χ1) is 11.6. The van der Waals surface area contributed by atoms with Gasteiger partial charge < -0.3 is 15.1 Å². The zero-order valence-electron chi connectivity index (χ0n) is 14.0. The maximum Gasteiger partial charge on any atom is 0.145 e. The van der Waals surface area contributed by atoms with Crippen LogP contribution in [0, 0.1) is 0 Å². The molecule has 1 aliphatic heterocycles. The molecule has 0 spiro atoms. The lowest BCUT2D eigenvalue weighted by Crippen LogP contribution is -2.26. The normalized spacial score (nSPS) is 16.6. The first kappa shape index (κ1) is 16.8. The fourth-order valence-corrected chi connectivity index (χ4v) is 2.87. The van der Waals surface area contributed by atoms with Crippen LogP contribution >= 0.6 is 11.6 Å². The van der Waals surface area contributed by atoms with Crippen LogP contribution in [0.15, 0.2) is 53.7 Å². The Morgan fingerprint density at radius 1 is 1.17 bits per heavy atom. The van der Waals surface area contributed by atoms with Gasteiger partial charge in [0.05, 0.1) is 5.71 Å². The number of oxime groups is 1. The SMILES string of the molecule is CN(C)c1ccc(C2=NOC(CNCc3ccccc3Cl)C2)cc1. The van der Waals surface area contributed by atoms with Crippen molar-refractivity contribution >= 4 is 23.0 Å². The van der Waals surface area contributed by atoms with Crippen LogP contribution in [0.4, 0.5) is 5.69 Å². The van der Waals surface area contributed by atoms with Gasteiger partial charge in [-0.1, -0.05) is 47.1 Å². The van der Waals surface area contributed by atoms with Gasteiger partial charge in [0.25, 0.3) is 0 Å². The number of hydrogen-bond acceptors (Lipinski definition) is 4. The van der Waals surface area contributed by atoms with Crippen LogP contribution in [0.5, 0.6) is 0 Å². The second kappa shape index (κ2) is 7.69. The molecule has 3 rings (SSSR count). The van der Waals surface area contributed by atoms with Gasteiger partial charge in [0, 0.05) is 44.3 Å². The Balaban J connectivity index is 1.49. The monoisotopic (exact) mass is 343 g/mol. The Kier molecular flexibility index (Phi) is 5.38. The van der Waals surface area contributed by atoms with Gasteiger partial charge in [0.2, 0.25) is 0 Å². The zero-order chi connectivity index (χ0) is 16.9. The average Bonchev–Trinajstić information content (AvgIpc) is 3.05. The number of nitrogens with zero attached hydrogens (tertiary/aromatic N) is 2. The van der Waals surface area contributed by atoms with Gasteiger partial charge >= 0.3 is 0 Å². The molecule has 0 amide bonds. The summed E-state index contributed by atoms with van der Waals surface area (Å²) < 4.78 is 0. The predicted molar refractivity (Wildman–Crippen MR) is 100.0 cm³/mol. The van der Waals surface area contributed by atoms with Crippen LogP contribution in [0.25, 0.3) is 0 Å². The van der Waals surface area contributed by atoms with E-state index in [1.165, 1.54) is 5.69 Å². The standard InChI is InChI=1S/C19H22ClN3O/c1-23(2)16-9-7-14(8-10-16)19-11-17(24-22-19)13-21-12-15-5-3-4-6-18(15)20/h3-10,17,21H,11-13H2,1-2H3. The van der Waals surface area contributed by atoms with Crippen molar-refractivity contribution in [2.75, 3.05) is 25.5 Å². The molecule has 1 heterocycles. The van der Waals surface area contributed by atoms with Crippen molar-refractivity contribution in [2.24, 2.45) is 5.16 Å². The first-order valence-corrected chi connectivity index (χ1v) is 8.46. The zero-order valence-corrected chi connectivity index (χ0v) is 14.8. The summed E-state index contributed by atoms with van der Waals surface area (Å²) in [6.07, 6.45) is 0.882. The molecule has 1 atom stereocenters. The summed E-state index contributed by atoms with van der Waals surface area (Å²) in [6, 6.07) is 16.2. The van der Waals surface area contributed by atoms with E-state index in [0.29, 0.717) is 0 Å². The molecule has 126 valence electrons. The number of benzene rings is 2. The molecule has 1 aliphatic rings. The van der Waals surface area contributed by atoms with Crippen molar-refractivity contribution in [3.63, 3.8) is 0 Å². The van der Waals surface area contributed by atoms with Crippen LogP contribution in [-0.2, 0) is 11.4 Å². The van der Waals surface area contributed by atoms with Gasteiger partial charge in [-0.3, -0.25) is 0 Å². The molecule has 0 fully saturated rings. The van der Waals surface area contributed by atoms with E-state index < -0.39 is 0 Å². The van der Waals surface area contributed by atoms with E-state index in [0.717, 1.165) is 41.4 Å². The Bertz CT molecular complexity index is 713. The van der Waals surface area contributed by atoms with E-state index in [-0.39, 0.29) is 6.10 Å². The lowest BCUT2D eigenvalue weighted by atomic mass is 10.0. The number of nitrogens with one attached hydrogen (secondary N) is 1. The summed E-state index contributed by atoms with van der Waals surface area (Å²) in [6.45, 7) is 1.47. The maximum atomic E-state index is 6.16. The molecule has 0 saturated carbocycles. The highest BCUT2D eigenvalue weighted by atomic mass is 35.5. The lowest BCUT2D eigenvalue weighted by molar-refractivity contribution is 0.0848. The molecule has 0 radical (unpaired) electrons. The van der Waals surface area contributed by atoms with Gasteiger partial charge in [-0.15, -0.1) is 0 Å². The minimum absolute atomic E-state index is 0.0658. The van der Waals surface area contributed by atoms with Crippen LogP contribution < -0.4 is 10.2 Å². The van der Waals surface area contributed by atoms with Crippen molar-refractivity contribution in [2.45, 2.75) is 19.1 Å². The molecule has 2 aromatic carbocycles. The first-order valence-electron chi connectivity index (χ1n) is 8.08. The highest BCUT2D eigenvalue weighted by Gasteiger charge is 2.21. The summed E-state index contributed by atoms with van der Waals surface area (Å²) in [4.78, 5) is 7.63. The Morgan fingerprint density at radius 3 is 2.62 bits per heavy atom. The van der Waals surface area contributed by atoms with Gasteiger partial charge in [-0.2, -0.15) is 0 Å². The number of halogens is 1. The van der Waals surface area contributed by atoms with E-state index in [4.69, 9.17) is 16.4 Å². The molecular weight excluding hydrogens is 322 g/mol. The average molecular weight is 344 g/mol. The molecule has 1 N–H and O–H groups in total. The summed E-state index contributed by atoms with van der Waals surface area (Å²) in [7, 11) is 4.07. The van der Waals surface area contributed by atoms with Crippen LogP contribution in [0.1, 0.15) is 17.5 Å². The summed E-state index contributed by atoms with van der Waals surface area (Å²) in [5.74, 6) is 0. The molecule has 0 saturated heterocycles. The molecule has 1 unspecified atom stereocenters. The minimum atomic E-state index is 0.0658. The van der Waals surface area contributed by atoms with Gasteiger partial charge in [0.1, 0.15) is 6.10 Å². The fourth-order valence-electron chi connectivity index (χ4n) is 2.67. The molecule has 0 bridgehead atoms. The van der Waals surface area contributed by atoms with E-state index in [2.05, 4.69) is 39.6 Å². The number of hydrogen-bond donors (Lipinski definition) is 1.